The third-order valence-electron chi connectivity index (χ3n) is 5.85. The van der Waals surface area contributed by atoms with Gasteiger partial charge in [-0.2, -0.15) is 18.3 Å². The van der Waals surface area contributed by atoms with Crippen molar-refractivity contribution in [3.63, 3.8) is 0 Å². The van der Waals surface area contributed by atoms with E-state index in [1.807, 2.05) is 6.92 Å². The second-order valence-corrected chi connectivity index (χ2v) is 7.56. The number of rotatable bonds is 4. The molecule has 1 amide bonds. The molecule has 4 rings (SSSR count). The molecule has 1 heterocycles. The number of fused-ring (bicyclic) bond motifs is 2. The molecule has 2 aromatic rings. The second-order valence-electron chi connectivity index (χ2n) is 7.56. The van der Waals surface area contributed by atoms with Gasteiger partial charge in [0.2, 0.25) is 0 Å². The smallest absolute Gasteiger partial charge is 0.348 e. The lowest BCUT2D eigenvalue weighted by molar-refractivity contribution is -0.137. The van der Waals surface area contributed by atoms with E-state index in [2.05, 4.69) is 10.4 Å². The molecule has 0 aliphatic heterocycles. The Labute approximate surface area is 155 Å². The Morgan fingerprint density at radius 1 is 1.26 bits per heavy atom. The van der Waals surface area contributed by atoms with Gasteiger partial charge in [-0.25, -0.2) is 0 Å². The summed E-state index contributed by atoms with van der Waals surface area (Å²) >= 11 is 0. The van der Waals surface area contributed by atoms with Crippen LogP contribution in [0.4, 0.5) is 13.2 Å². The first-order valence-corrected chi connectivity index (χ1v) is 9.41. The Morgan fingerprint density at radius 2 is 2.07 bits per heavy atom. The number of hydrogen-bond donors (Lipinski definition) is 1. The van der Waals surface area contributed by atoms with E-state index in [1.165, 1.54) is 18.9 Å². The highest BCUT2D eigenvalue weighted by atomic mass is 19.4. The maximum Gasteiger partial charge on any atom is 0.416 e. The Kier molecular flexibility index (Phi) is 4.48. The van der Waals surface area contributed by atoms with Gasteiger partial charge in [0.15, 0.2) is 5.69 Å². The van der Waals surface area contributed by atoms with Crippen LogP contribution in [-0.4, -0.2) is 21.7 Å². The van der Waals surface area contributed by atoms with E-state index < -0.39 is 11.7 Å². The van der Waals surface area contributed by atoms with Crippen LogP contribution in [0.1, 0.15) is 48.7 Å². The van der Waals surface area contributed by atoms with E-state index in [-0.39, 0.29) is 17.6 Å². The molecule has 7 heteroatoms. The Hall–Kier alpha value is -2.31. The minimum absolute atomic E-state index is 0.194. The highest BCUT2D eigenvalue weighted by molar-refractivity contribution is 5.93. The predicted octanol–water partition coefficient (Wildman–Crippen LogP) is 4.51. The quantitative estimate of drug-likeness (QED) is 0.852. The van der Waals surface area contributed by atoms with Gasteiger partial charge in [0.05, 0.1) is 11.3 Å². The van der Waals surface area contributed by atoms with Crippen LogP contribution in [0.3, 0.4) is 0 Å². The fourth-order valence-electron chi connectivity index (χ4n) is 4.52. The van der Waals surface area contributed by atoms with Crippen molar-refractivity contribution >= 4 is 5.91 Å². The molecular weight excluding hydrogens is 355 g/mol. The lowest BCUT2D eigenvalue weighted by atomic mass is 9.95. The van der Waals surface area contributed by atoms with Crippen LogP contribution >= 0.6 is 0 Å². The number of carbonyl (C=O) groups excluding carboxylic acids is 1. The average molecular weight is 377 g/mol. The molecule has 0 spiro atoms. The minimum atomic E-state index is -4.41. The fraction of sp³-hybridized carbons (Fsp3) is 0.500. The Morgan fingerprint density at radius 3 is 2.70 bits per heavy atom. The largest absolute Gasteiger partial charge is 0.416 e. The van der Waals surface area contributed by atoms with Crippen LogP contribution in [0.25, 0.3) is 11.3 Å². The maximum atomic E-state index is 13.0. The van der Waals surface area contributed by atoms with Gasteiger partial charge in [0.25, 0.3) is 5.91 Å². The number of amides is 1. The molecule has 3 unspecified atom stereocenters. The summed E-state index contributed by atoms with van der Waals surface area (Å²) in [5.41, 5.74) is 0.462. The van der Waals surface area contributed by atoms with E-state index in [0.717, 1.165) is 25.0 Å². The number of alkyl halides is 3. The van der Waals surface area contributed by atoms with Crippen molar-refractivity contribution in [1.82, 2.24) is 15.1 Å². The standard InChI is InChI=1S/C20H22F3N3O/c1-2-26-18(14-4-3-5-15(10-14)20(21,22)23)11-17(25-26)19(27)24-16-9-12-6-7-13(16)8-12/h3-5,10-13,16H,2,6-9H2,1H3,(H,24,27). The number of aryl methyl sites for hydroxylation is 1. The molecule has 27 heavy (non-hydrogen) atoms. The van der Waals surface area contributed by atoms with Crippen LogP contribution in [0.15, 0.2) is 30.3 Å². The summed E-state index contributed by atoms with van der Waals surface area (Å²) in [6.07, 6.45) is 0.208. The van der Waals surface area contributed by atoms with Crippen molar-refractivity contribution in [3.8, 4) is 11.3 Å². The van der Waals surface area contributed by atoms with Crippen molar-refractivity contribution < 1.29 is 18.0 Å². The van der Waals surface area contributed by atoms with Gasteiger partial charge < -0.3 is 5.32 Å². The molecule has 2 aliphatic carbocycles. The normalized spacial score (nSPS) is 24.4. The number of nitrogens with zero attached hydrogens (tertiary/aromatic N) is 2. The topological polar surface area (TPSA) is 46.9 Å². The summed E-state index contributed by atoms with van der Waals surface area (Å²) in [6, 6.07) is 6.90. The Bertz CT molecular complexity index is 858. The molecule has 0 radical (unpaired) electrons. The molecule has 0 saturated heterocycles. The third kappa shape index (κ3) is 3.47. The van der Waals surface area contributed by atoms with Crippen LogP contribution < -0.4 is 5.32 Å². The van der Waals surface area contributed by atoms with Crippen LogP contribution in [0.2, 0.25) is 0 Å². The number of benzene rings is 1. The van der Waals surface area contributed by atoms with Gasteiger partial charge in [-0.3, -0.25) is 9.48 Å². The van der Waals surface area contributed by atoms with Gasteiger partial charge in [-0.15, -0.1) is 0 Å². The summed E-state index contributed by atoms with van der Waals surface area (Å²) in [5.74, 6) is 1.03. The van der Waals surface area contributed by atoms with Crippen LogP contribution in [-0.2, 0) is 12.7 Å². The van der Waals surface area contributed by atoms with Gasteiger partial charge in [0.1, 0.15) is 0 Å². The number of hydrogen-bond acceptors (Lipinski definition) is 2. The summed E-state index contributed by atoms with van der Waals surface area (Å²) in [5, 5.41) is 7.41. The SMILES string of the molecule is CCn1nc(C(=O)NC2CC3CCC2C3)cc1-c1cccc(C(F)(F)F)c1. The van der Waals surface area contributed by atoms with Crippen molar-refractivity contribution in [3.05, 3.63) is 41.6 Å². The zero-order chi connectivity index (χ0) is 19.2. The Balaban J connectivity index is 1.58. The number of nitrogens with one attached hydrogen (secondary N) is 1. The molecule has 1 aromatic heterocycles. The highest BCUT2D eigenvalue weighted by Crippen LogP contribution is 2.44. The van der Waals surface area contributed by atoms with Gasteiger partial charge in [-0.1, -0.05) is 18.6 Å². The molecule has 2 fully saturated rings. The van der Waals surface area contributed by atoms with E-state index in [4.69, 9.17) is 0 Å². The van der Waals surface area contributed by atoms with E-state index in [9.17, 15) is 18.0 Å². The molecule has 4 nitrogen and oxygen atoms in total. The summed E-state index contributed by atoms with van der Waals surface area (Å²) in [4.78, 5) is 12.6. The molecule has 144 valence electrons. The van der Waals surface area contributed by atoms with Gasteiger partial charge >= 0.3 is 6.18 Å². The van der Waals surface area contributed by atoms with E-state index in [0.29, 0.717) is 29.6 Å². The third-order valence-corrected chi connectivity index (χ3v) is 5.85. The van der Waals surface area contributed by atoms with Crippen LogP contribution in [0.5, 0.6) is 0 Å². The predicted molar refractivity (Wildman–Crippen MR) is 95.0 cm³/mol. The molecule has 1 N–H and O–H groups in total. The first kappa shape index (κ1) is 18.1. The number of carbonyl (C=O) groups is 1. The first-order valence-electron chi connectivity index (χ1n) is 9.41. The van der Waals surface area contributed by atoms with E-state index in [1.54, 1.807) is 16.8 Å². The number of aromatic nitrogens is 2. The summed E-state index contributed by atoms with van der Waals surface area (Å²) in [6.45, 7) is 2.31. The van der Waals surface area contributed by atoms with Crippen molar-refractivity contribution in [2.24, 2.45) is 11.8 Å². The summed E-state index contributed by atoms with van der Waals surface area (Å²) < 4.78 is 40.6. The fourth-order valence-corrected chi connectivity index (χ4v) is 4.52. The lowest BCUT2D eigenvalue weighted by Gasteiger charge is -2.22. The maximum absolute atomic E-state index is 13.0. The van der Waals surface area contributed by atoms with Gasteiger partial charge in [-0.05, 0) is 56.2 Å². The second kappa shape index (κ2) is 6.69. The monoisotopic (exact) mass is 377 g/mol. The molecule has 3 atom stereocenters. The number of halogens is 3. The zero-order valence-electron chi connectivity index (χ0n) is 15.1. The van der Waals surface area contributed by atoms with Gasteiger partial charge in [0, 0.05) is 18.2 Å². The minimum Gasteiger partial charge on any atom is -0.348 e. The molecule has 1 aromatic carbocycles. The molecule has 2 bridgehead atoms. The average Bonchev–Trinajstić information content (AvgIpc) is 3.36. The molecular formula is C20H22F3N3O. The summed E-state index contributed by atoms with van der Waals surface area (Å²) in [7, 11) is 0. The molecule has 2 aliphatic rings. The van der Waals surface area contributed by atoms with Crippen molar-refractivity contribution in [2.45, 2.75) is 51.4 Å². The first-order chi connectivity index (χ1) is 12.8. The lowest BCUT2D eigenvalue weighted by Crippen LogP contribution is -2.38. The molecule has 2 saturated carbocycles. The zero-order valence-corrected chi connectivity index (χ0v) is 15.1. The van der Waals surface area contributed by atoms with E-state index >= 15 is 0 Å². The highest BCUT2D eigenvalue weighted by Gasteiger charge is 2.40. The van der Waals surface area contributed by atoms with Crippen LogP contribution in [0, 0.1) is 11.8 Å². The van der Waals surface area contributed by atoms with Crippen molar-refractivity contribution in [1.29, 1.82) is 0 Å². The van der Waals surface area contributed by atoms with Crippen molar-refractivity contribution in [2.75, 3.05) is 0 Å².